The monoisotopic (exact) mass is 318 g/mol. The van der Waals surface area contributed by atoms with Crippen LogP contribution in [0.1, 0.15) is 13.8 Å². The van der Waals surface area contributed by atoms with Gasteiger partial charge in [0.2, 0.25) is 0 Å². The Labute approximate surface area is 123 Å². The van der Waals surface area contributed by atoms with Crippen LogP contribution in [0.2, 0.25) is 0 Å². The summed E-state index contributed by atoms with van der Waals surface area (Å²) in [5.74, 6) is -1.75. The number of aliphatic hydroxyl groups is 2. The summed E-state index contributed by atoms with van der Waals surface area (Å²) in [7, 11) is 0. The molecule has 0 fully saturated rings. The Balaban J connectivity index is -0.000000203. The second-order valence-corrected chi connectivity index (χ2v) is 4.64. The average molecular weight is 318 g/mol. The second kappa shape index (κ2) is 17.5. The van der Waals surface area contributed by atoms with Crippen molar-refractivity contribution in [1.29, 1.82) is 0 Å². The SMILES string of the molecule is CC(S)C(=O)O.CC(S)C(=O)O.OCCOCCO. The molecule has 0 bridgehead atoms. The Morgan fingerprint density at radius 3 is 1.26 bits per heavy atom. The third-order valence-corrected chi connectivity index (χ3v) is 1.63. The van der Waals surface area contributed by atoms with Gasteiger partial charge in [-0.15, -0.1) is 0 Å². The van der Waals surface area contributed by atoms with Crippen molar-refractivity contribution in [3.8, 4) is 0 Å². The summed E-state index contributed by atoms with van der Waals surface area (Å²) in [5, 5.41) is 30.9. The molecule has 0 aromatic heterocycles. The zero-order valence-electron chi connectivity index (χ0n) is 10.9. The summed E-state index contributed by atoms with van der Waals surface area (Å²) in [6, 6.07) is 0. The fourth-order valence-corrected chi connectivity index (χ4v) is 0.231. The molecule has 0 aromatic rings. The van der Waals surface area contributed by atoms with Gasteiger partial charge in [-0.3, -0.25) is 9.59 Å². The van der Waals surface area contributed by atoms with Crippen molar-refractivity contribution in [3.63, 3.8) is 0 Å². The number of carboxylic acids is 2. The Morgan fingerprint density at radius 2 is 1.16 bits per heavy atom. The molecular formula is C10H22O7S2. The van der Waals surface area contributed by atoms with Crippen molar-refractivity contribution >= 4 is 37.2 Å². The van der Waals surface area contributed by atoms with Gasteiger partial charge in [0.05, 0.1) is 36.9 Å². The second-order valence-electron chi connectivity index (χ2n) is 3.09. The molecule has 0 heterocycles. The number of hydrogen-bond acceptors (Lipinski definition) is 7. The highest BCUT2D eigenvalue weighted by molar-refractivity contribution is 7.81. The van der Waals surface area contributed by atoms with Crippen LogP contribution < -0.4 is 0 Å². The fraction of sp³-hybridized carbons (Fsp3) is 0.800. The van der Waals surface area contributed by atoms with E-state index in [0.29, 0.717) is 13.2 Å². The molecule has 19 heavy (non-hydrogen) atoms. The highest BCUT2D eigenvalue weighted by Gasteiger charge is 2.00. The molecule has 0 amide bonds. The first-order valence-electron chi connectivity index (χ1n) is 5.31. The van der Waals surface area contributed by atoms with E-state index in [1.807, 2.05) is 0 Å². The van der Waals surface area contributed by atoms with Gasteiger partial charge in [0, 0.05) is 0 Å². The van der Waals surface area contributed by atoms with Crippen molar-refractivity contribution in [2.45, 2.75) is 24.3 Å². The van der Waals surface area contributed by atoms with Crippen LogP contribution in [0.3, 0.4) is 0 Å². The van der Waals surface area contributed by atoms with E-state index in [1.54, 1.807) is 0 Å². The van der Waals surface area contributed by atoms with Gasteiger partial charge in [-0.05, 0) is 13.8 Å². The average Bonchev–Trinajstić information content (AvgIpc) is 2.31. The molecule has 0 spiro atoms. The van der Waals surface area contributed by atoms with Crippen molar-refractivity contribution in [3.05, 3.63) is 0 Å². The van der Waals surface area contributed by atoms with E-state index in [9.17, 15) is 9.59 Å². The third kappa shape index (κ3) is 31.8. The van der Waals surface area contributed by atoms with Crippen LogP contribution in [0.25, 0.3) is 0 Å². The predicted molar refractivity (Wildman–Crippen MR) is 77.2 cm³/mol. The molecular weight excluding hydrogens is 296 g/mol. The molecule has 9 heteroatoms. The zero-order valence-corrected chi connectivity index (χ0v) is 12.7. The first-order valence-corrected chi connectivity index (χ1v) is 6.35. The molecule has 0 radical (unpaired) electrons. The predicted octanol–water partition coefficient (Wildman–Crippen LogP) is -0.234. The molecule has 2 unspecified atom stereocenters. The quantitative estimate of drug-likeness (QED) is 0.295. The minimum atomic E-state index is -0.877. The maximum atomic E-state index is 9.62. The molecule has 0 saturated carbocycles. The zero-order chi connectivity index (χ0) is 15.8. The maximum absolute atomic E-state index is 9.62. The van der Waals surface area contributed by atoms with E-state index in [-0.39, 0.29) is 13.2 Å². The molecule has 116 valence electrons. The molecule has 0 aliphatic rings. The molecule has 0 saturated heterocycles. The van der Waals surface area contributed by atoms with E-state index in [0.717, 1.165) is 0 Å². The number of ether oxygens (including phenoxy) is 1. The van der Waals surface area contributed by atoms with Crippen molar-refractivity contribution in [2.24, 2.45) is 0 Å². The van der Waals surface area contributed by atoms with E-state index >= 15 is 0 Å². The van der Waals surface area contributed by atoms with Crippen LogP contribution in [-0.2, 0) is 14.3 Å². The summed E-state index contributed by atoms with van der Waals surface area (Å²) >= 11 is 7.19. The van der Waals surface area contributed by atoms with Crippen LogP contribution in [0.15, 0.2) is 0 Å². The van der Waals surface area contributed by atoms with Gasteiger partial charge in [0.25, 0.3) is 0 Å². The third-order valence-electron chi connectivity index (χ3n) is 1.19. The lowest BCUT2D eigenvalue weighted by Gasteiger charge is -1.94. The number of aliphatic carboxylic acids is 2. The van der Waals surface area contributed by atoms with Gasteiger partial charge >= 0.3 is 11.9 Å². The Hall–Kier alpha value is -0.480. The largest absolute Gasteiger partial charge is 0.480 e. The number of hydrogen-bond donors (Lipinski definition) is 6. The summed E-state index contributed by atoms with van der Waals surface area (Å²) < 4.78 is 4.63. The fourth-order valence-electron chi connectivity index (χ4n) is 0.231. The first kappa shape index (κ1) is 23.6. The van der Waals surface area contributed by atoms with Crippen LogP contribution in [-0.4, -0.2) is 69.3 Å². The van der Waals surface area contributed by atoms with Crippen molar-refractivity contribution < 1.29 is 34.8 Å². The Kier molecular flexibility index (Phi) is 21.8. The lowest BCUT2D eigenvalue weighted by atomic mass is 10.5. The smallest absolute Gasteiger partial charge is 0.316 e. The topological polar surface area (TPSA) is 124 Å². The summed E-state index contributed by atoms with van der Waals surface area (Å²) in [6.07, 6.45) is 0. The molecule has 0 aliphatic carbocycles. The molecule has 0 rings (SSSR count). The van der Waals surface area contributed by atoms with E-state index in [4.69, 9.17) is 20.4 Å². The number of thiol groups is 2. The molecule has 0 aliphatic heterocycles. The van der Waals surface area contributed by atoms with Gasteiger partial charge < -0.3 is 25.2 Å². The normalized spacial score (nSPS) is 12.1. The summed E-state index contributed by atoms with van der Waals surface area (Å²) in [6.45, 7) is 3.71. The Bertz CT molecular complexity index is 200. The number of aliphatic hydroxyl groups excluding tert-OH is 2. The highest BCUT2D eigenvalue weighted by atomic mass is 32.1. The standard InChI is InChI=1S/C4H10O3.2C3H6O2S/c5-1-3-7-4-2-6;2*1-2(6)3(4)5/h5-6H,1-4H2;2*2,6H,1H3,(H,4,5). The lowest BCUT2D eigenvalue weighted by Crippen LogP contribution is -2.06. The van der Waals surface area contributed by atoms with Crippen LogP contribution in [0.5, 0.6) is 0 Å². The molecule has 2 atom stereocenters. The van der Waals surface area contributed by atoms with E-state index < -0.39 is 22.4 Å². The van der Waals surface area contributed by atoms with Crippen LogP contribution in [0, 0.1) is 0 Å². The van der Waals surface area contributed by atoms with Gasteiger partial charge in [0.1, 0.15) is 0 Å². The molecule has 0 aromatic carbocycles. The number of carboxylic acid groups (broad SMARTS) is 2. The minimum Gasteiger partial charge on any atom is -0.480 e. The summed E-state index contributed by atoms with van der Waals surface area (Å²) in [5.41, 5.74) is 0. The van der Waals surface area contributed by atoms with Gasteiger partial charge in [0.15, 0.2) is 0 Å². The van der Waals surface area contributed by atoms with Gasteiger partial charge in [-0.25, -0.2) is 0 Å². The number of carbonyl (C=O) groups is 2. The van der Waals surface area contributed by atoms with Crippen LogP contribution in [0.4, 0.5) is 0 Å². The van der Waals surface area contributed by atoms with Crippen molar-refractivity contribution in [1.82, 2.24) is 0 Å². The van der Waals surface area contributed by atoms with E-state index in [2.05, 4.69) is 30.0 Å². The van der Waals surface area contributed by atoms with Gasteiger partial charge in [-0.2, -0.15) is 25.3 Å². The van der Waals surface area contributed by atoms with Crippen molar-refractivity contribution in [2.75, 3.05) is 26.4 Å². The first-order chi connectivity index (χ1) is 8.70. The van der Waals surface area contributed by atoms with Gasteiger partial charge in [-0.1, -0.05) is 0 Å². The lowest BCUT2D eigenvalue weighted by molar-refractivity contribution is -0.137. The number of rotatable bonds is 6. The molecule has 4 N–H and O–H groups in total. The highest BCUT2D eigenvalue weighted by Crippen LogP contribution is 1.88. The molecule has 7 nitrogen and oxygen atoms in total. The van der Waals surface area contributed by atoms with Crippen LogP contribution >= 0.6 is 25.3 Å². The minimum absolute atomic E-state index is 0.0278. The maximum Gasteiger partial charge on any atom is 0.316 e. The van der Waals surface area contributed by atoms with E-state index in [1.165, 1.54) is 13.8 Å². The summed E-state index contributed by atoms with van der Waals surface area (Å²) in [4.78, 5) is 19.2. The Morgan fingerprint density at radius 1 is 0.947 bits per heavy atom.